The van der Waals surface area contributed by atoms with E-state index in [9.17, 15) is 14.4 Å². The van der Waals surface area contributed by atoms with Gasteiger partial charge in [0.25, 0.3) is 0 Å². The summed E-state index contributed by atoms with van der Waals surface area (Å²) in [6, 6.07) is 13.7. The Morgan fingerprint density at radius 1 is 1.12 bits per heavy atom. The molecular formula is C23H35N4O5+. The zero-order valence-corrected chi connectivity index (χ0v) is 18.6. The van der Waals surface area contributed by atoms with Crippen LogP contribution in [0.3, 0.4) is 0 Å². The molecule has 0 aliphatic heterocycles. The van der Waals surface area contributed by atoms with Crippen molar-refractivity contribution in [1.29, 1.82) is 0 Å². The van der Waals surface area contributed by atoms with Gasteiger partial charge in [0.15, 0.2) is 0 Å². The molecule has 2 aromatic rings. The normalized spacial score (nSPS) is 10.4. The number of carbonyl (C=O) groups is 3. The van der Waals surface area contributed by atoms with Crippen LogP contribution in [0.4, 0.5) is 5.69 Å². The standard InChI is InChI=1S/C9H9NO2.C8H11NO.C6H14N2O2/c1-7(12)10-9-4-2-8(6-11)3-5-9;1-10-8-5-3-2-4-7(8)6-9;7-4-2-1-3-5(8)6(9)10/h2-6H,1H3,(H,10,12);2-5H,6,9H2,1H3;5H,1-4,7-8H2,(H,9,10)/p+1/t;;5-/m..1/s1. The molecule has 0 unspecified atom stereocenters. The van der Waals surface area contributed by atoms with E-state index in [4.69, 9.17) is 27.0 Å². The maximum absolute atomic E-state index is 10.6. The number of hydrogen-bond donors (Lipinski definition) is 5. The molecule has 1 atom stereocenters. The van der Waals surface area contributed by atoms with E-state index in [1.54, 1.807) is 31.4 Å². The molecule has 0 bridgehead atoms. The second-order valence-corrected chi connectivity index (χ2v) is 6.67. The molecule has 0 saturated carbocycles. The fourth-order valence-corrected chi connectivity index (χ4v) is 2.35. The number of nitrogens with one attached hydrogen (secondary N) is 1. The largest absolute Gasteiger partial charge is 1.00 e. The van der Waals surface area contributed by atoms with Crippen molar-refractivity contribution in [3.05, 3.63) is 59.7 Å². The van der Waals surface area contributed by atoms with Gasteiger partial charge in [0.05, 0.1) is 7.11 Å². The molecule has 0 fully saturated rings. The number of carboxylic acid groups (broad SMARTS) is 1. The molecule has 0 saturated heterocycles. The molecule has 9 heteroatoms. The van der Waals surface area contributed by atoms with Gasteiger partial charge in [0, 0.05) is 30.3 Å². The van der Waals surface area contributed by atoms with Crippen LogP contribution in [0.15, 0.2) is 48.5 Å². The molecule has 0 spiro atoms. The molecule has 176 valence electrons. The maximum Gasteiger partial charge on any atom is 1.00 e. The summed E-state index contributed by atoms with van der Waals surface area (Å²) in [6.07, 6.45) is 2.93. The van der Waals surface area contributed by atoms with Crippen molar-refractivity contribution in [1.82, 2.24) is 0 Å². The Bertz CT molecular complexity index is 796. The number of rotatable bonds is 9. The number of carboxylic acids is 1. The molecule has 2 rings (SSSR count). The number of anilines is 1. The molecule has 0 aliphatic rings. The van der Waals surface area contributed by atoms with Crippen LogP contribution in [0.25, 0.3) is 0 Å². The van der Waals surface area contributed by atoms with Crippen molar-refractivity contribution in [2.45, 2.75) is 38.8 Å². The number of ether oxygens (including phenoxy) is 1. The summed E-state index contributed by atoms with van der Waals surface area (Å²) in [5.41, 5.74) is 18.2. The average Bonchev–Trinajstić information content (AvgIpc) is 2.80. The predicted molar refractivity (Wildman–Crippen MR) is 127 cm³/mol. The third-order valence-corrected chi connectivity index (χ3v) is 4.07. The molecule has 8 N–H and O–H groups in total. The number of unbranched alkanes of at least 4 members (excludes halogenated alkanes) is 1. The van der Waals surface area contributed by atoms with Crippen molar-refractivity contribution in [3.63, 3.8) is 0 Å². The van der Waals surface area contributed by atoms with Gasteiger partial charge in [-0.1, -0.05) is 24.6 Å². The Kier molecular flexibility index (Phi) is 15.6. The van der Waals surface area contributed by atoms with E-state index in [2.05, 4.69) is 5.32 Å². The molecule has 32 heavy (non-hydrogen) atoms. The number of aldehydes is 1. The first kappa shape index (κ1) is 28.7. The average molecular weight is 448 g/mol. The summed E-state index contributed by atoms with van der Waals surface area (Å²) in [4.78, 5) is 31.0. The first-order valence-electron chi connectivity index (χ1n) is 10.1. The summed E-state index contributed by atoms with van der Waals surface area (Å²) in [7, 11) is 1.65. The predicted octanol–water partition coefficient (Wildman–Crippen LogP) is 2.25. The third-order valence-electron chi connectivity index (χ3n) is 4.07. The Balaban J connectivity index is 0. The van der Waals surface area contributed by atoms with E-state index >= 15 is 0 Å². The van der Waals surface area contributed by atoms with Gasteiger partial charge in [-0.2, -0.15) is 0 Å². The quantitative estimate of drug-likeness (QED) is 0.288. The molecule has 1 amide bonds. The van der Waals surface area contributed by atoms with Crippen LogP contribution < -0.4 is 27.3 Å². The van der Waals surface area contributed by atoms with Crippen LogP contribution in [-0.4, -0.2) is 43.0 Å². The van der Waals surface area contributed by atoms with Gasteiger partial charge in [-0.05, 0) is 49.7 Å². The van der Waals surface area contributed by atoms with Crippen molar-refractivity contribution in [3.8, 4) is 5.75 Å². The lowest BCUT2D eigenvalue weighted by molar-refractivity contribution is -0.138. The zero-order chi connectivity index (χ0) is 24.4. The van der Waals surface area contributed by atoms with Crippen LogP contribution in [0.5, 0.6) is 5.75 Å². The van der Waals surface area contributed by atoms with E-state index in [0.717, 1.165) is 30.4 Å². The Labute approximate surface area is 190 Å². The fraction of sp³-hybridized carbons (Fsp3) is 0.348. The highest BCUT2D eigenvalue weighted by Gasteiger charge is 2.09. The highest BCUT2D eigenvalue weighted by atomic mass is 16.5. The smallest absolute Gasteiger partial charge is 0.496 e. The second-order valence-electron chi connectivity index (χ2n) is 6.67. The van der Waals surface area contributed by atoms with Crippen molar-refractivity contribution in [2.75, 3.05) is 19.0 Å². The first-order valence-corrected chi connectivity index (χ1v) is 10.1. The van der Waals surface area contributed by atoms with Crippen LogP contribution in [0, 0.1) is 0 Å². The van der Waals surface area contributed by atoms with Gasteiger partial charge in [-0.3, -0.25) is 14.4 Å². The SMILES string of the molecule is CC(=O)Nc1ccc(C=O)cc1.COc1ccccc1CN.NCCCC[C@@H](N)C(=O)O.[H+]. The lowest BCUT2D eigenvalue weighted by Crippen LogP contribution is -2.29. The fourth-order valence-electron chi connectivity index (χ4n) is 2.35. The maximum atomic E-state index is 10.6. The van der Waals surface area contributed by atoms with Gasteiger partial charge in [-0.15, -0.1) is 0 Å². The number of nitrogens with two attached hydrogens (primary N) is 3. The summed E-state index contributed by atoms with van der Waals surface area (Å²) in [5.74, 6) is -0.184. The van der Waals surface area contributed by atoms with E-state index in [1.807, 2.05) is 24.3 Å². The molecule has 0 aromatic heterocycles. The Hall–Kier alpha value is -3.27. The lowest BCUT2D eigenvalue weighted by atomic mass is 10.1. The molecule has 0 radical (unpaired) electrons. The van der Waals surface area contributed by atoms with Gasteiger partial charge in [0.2, 0.25) is 5.91 Å². The van der Waals surface area contributed by atoms with E-state index in [1.165, 1.54) is 6.92 Å². The topological polar surface area (TPSA) is 171 Å². The van der Waals surface area contributed by atoms with Gasteiger partial charge in [0.1, 0.15) is 18.1 Å². The van der Waals surface area contributed by atoms with Gasteiger partial charge in [-0.25, -0.2) is 0 Å². The summed E-state index contributed by atoms with van der Waals surface area (Å²) in [6.45, 7) is 2.57. The van der Waals surface area contributed by atoms with Crippen molar-refractivity contribution >= 4 is 23.9 Å². The van der Waals surface area contributed by atoms with E-state index in [-0.39, 0.29) is 7.33 Å². The molecule has 0 heterocycles. The Morgan fingerprint density at radius 2 is 1.75 bits per heavy atom. The Morgan fingerprint density at radius 3 is 2.19 bits per heavy atom. The first-order chi connectivity index (χ1) is 15.3. The van der Waals surface area contributed by atoms with E-state index < -0.39 is 12.0 Å². The molecule has 9 nitrogen and oxygen atoms in total. The van der Waals surface area contributed by atoms with Crippen molar-refractivity contribution in [2.24, 2.45) is 17.2 Å². The van der Waals surface area contributed by atoms with Crippen LogP contribution in [0.2, 0.25) is 0 Å². The van der Waals surface area contributed by atoms with Crippen LogP contribution in [-0.2, 0) is 16.1 Å². The van der Waals surface area contributed by atoms with Crippen molar-refractivity contribution < 1.29 is 25.7 Å². The highest BCUT2D eigenvalue weighted by Crippen LogP contribution is 2.15. The highest BCUT2D eigenvalue weighted by molar-refractivity contribution is 5.89. The third kappa shape index (κ3) is 13.1. The molecule has 0 aliphatic carbocycles. The summed E-state index contributed by atoms with van der Waals surface area (Å²) < 4.78 is 5.06. The monoisotopic (exact) mass is 447 g/mol. The molecular weight excluding hydrogens is 412 g/mol. The number of aliphatic carboxylic acids is 1. The van der Waals surface area contributed by atoms with Crippen LogP contribution in [0.1, 0.15) is 43.5 Å². The number of amides is 1. The molecule has 2 aromatic carbocycles. The minimum absolute atomic E-state index is 0. The number of para-hydroxylation sites is 1. The summed E-state index contributed by atoms with van der Waals surface area (Å²) >= 11 is 0. The number of benzene rings is 2. The minimum Gasteiger partial charge on any atom is -0.496 e. The summed E-state index contributed by atoms with van der Waals surface area (Å²) in [5, 5.41) is 10.9. The second kappa shape index (κ2) is 17.4. The zero-order valence-electron chi connectivity index (χ0n) is 19.6. The number of methoxy groups -OCH3 is 1. The van der Waals surface area contributed by atoms with Gasteiger partial charge >= 0.3 is 7.40 Å². The minimum atomic E-state index is -0.933. The van der Waals surface area contributed by atoms with Crippen LogP contribution >= 0.6 is 0 Å². The number of hydrogen-bond acceptors (Lipinski definition) is 7. The van der Waals surface area contributed by atoms with E-state index in [0.29, 0.717) is 30.8 Å². The number of carbonyl (C=O) groups excluding carboxylic acids is 2. The van der Waals surface area contributed by atoms with Gasteiger partial charge < -0.3 is 32.4 Å². The lowest BCUT2D eigenvalue weighted by Gasteiger charge is -2.03.